The number of carbonyl (C=O) groups excluding carboxylic acids is 1. The third-order valence-corrected chi connectivity index (χ3v) is 5.93. The predicted molar refractivity (Wildman–Crippen MR) is 122 cm³/mol. The smallest absolute Gasteiger partial charge is 0.327 e. The summed E-state index contributed by atoms with van der Waals surface area (Å²) in [5, 5.41) is 8.61. The number of aromatic nitrogens is 6. The molecular formula is C21H15Cl2N7O2. The number of fused-ring (bicyclic) bond motifs is 2. The van der Waals surface area contributed by atoms with Gasteiger partial charge in [0.15, 0.2) is 17.2 Å². The largest absolute Gasteiger partial charge is 0.364 e. The van der Waals surface area contributed by atoms with Crippen LogP contribution in [-0.4, -0.2) is 35.6 Å². The fourth-order valence-corrected chi connectivity index (χ4v) is 3.96. The van der Waals surface area contributed by atoms with E-state index in [9.17, 15) is 9.59 Å². The van der Waals surface area contributed by atoms with E-state index < -0.39 is 11.6 Å². The van der Waals surface area contributed by atoms with Gasteiger partial charge in [0, 0.05) is 17.5 Å². The molecule has 3 heterocycles. The minimum absolute atomic E-state index is 0.0594. The number of aromatic amines is 2. The van der Waals surface area contributed by atoms with Crippen LogP contribution < -0.4 is 11.4 Å². The quantitative estimate of drug-likeness (QED) is 0.364. The molecule has 0 aliphatic carbocycles. The Labute approximate surface area is 190 Å². The third-order valence-electron chi connectivity index (χ3n) is 5.19. The molecule has 2 aromatic carbocycles. The van der Waals surface area contributed by atoms with Crippen molar-refractivity contribution in [3.05, 3.63) is 74.4 Å². The highest BCUT2D eigenvalue weighted by molar-refractivity contribution is 6.42. The molecule has 5 rings (SSSR count). The molecule has 0 bridgehead atoms. The number of halogens is 2. The Morgan fingerprint density at radius 1 is 1.12 bits per heavy atom. The molecule has 0 aliphatic rings. The van der Waals surface area contributed by atoms with E-state index >= 15 is 0 Å². The van der Waals surface area contributed by atoms with Gasteiger partial charge in [-0.05, 0) is 30.2 Å². The van der Waals surface area contributed by atoms with E-state index in [0.29, 0.717) is 28.6 Å². The van der Waals surface area contributed by atoms with Crippen LogP contribution >= 0.6 is 23.2 Å². The molecule has 0 spiro atoms. The Bertz CT molecular complexity index is 1570. The van der Waals surface area contributed by atoms with Gasteiger partial charge in [0.2, 0.25) is 0 Å². The zero-order valence-corrected chi connectivity index (χ0v) is 17.9. The number of amides is 1. The molecule has 0 saturated heterocycles. The minimum atomic E-state index is -0.768. The third kappa shape index (κ3) is 3.41. The summed E-state index contributed by atoms with van der Waals surface area (Å²) in [6, 6.07) is 10.8. The fraction of sp³-hybridized carbons (Fsp3) is 0.0952. The normalized spacial score (nSPS) is 11.4. The highest BCUT2D eigenvalue weighted by Gasteiger charge is 2.20. The summed E-state index contributed by atoms with van der Waals surface area (Å²) in [5.41, 5.74) is 7.91. The fourth-order valence-electron chi connectivity index (χ4n) is 3.64. The summed E-state index contributed by atoms with van der Waals surface area (Å²) in [6.07, 6.45) is 2.14. The van der Waals surface area contributed by atoms with Crippen molar-refractivity contribution in [2.75, 3.05) is 0 Å². The van der Waals surface area contributed by atoms with E-state index in [0.717, 1.165) is 16.5 Å². The number of nitrogens with one attached hydrogen (secondary N) is 2. The van der Waals surface area contributed by atoms with Crippen LogP contribution in [0.5, 0.6) is 0 Å². The number of nitrogens with two attached hydrogens (primary N) is 1. The Morgan fingerprint density at radius 3 is 2.75 bits per heavy atom. The van der Waals surface area contributed by atoms with Crippen LogP contribution in [0.15, 0.2) is 47.4 Å². The number of nitrogens with zero attached hydrogens (tertiary/aromatic N) is 4. The molecule has 9 nitrogen and oxygen atoms in total. The first-order valence-electron chi connectivity index (χ1n) is 9.59. The first-order chi connectivity index (χ1) is 15.4. The topological polar surface area (TPSA) is 135 Å². The van der Waals surface area contributed by atoms with Crippen molar-refractivity contribution in [2.24, 2.45) is 5.73 Å². The van der Waals surface area contributed by atoms with Gasteiger partial charge in [0.25, 0.3) is 5.91 Å². The SMILES string of the molecule is NC(=O)c1nc(-c2cccc3[nH]ncc23)nc2c1[nH]c(=O)n2CCc1ccc(Cl)c(Cl)c1. The summed E-state index contributed by atoms with van der Waals surface area (Å²) in [6.45, 7) is 0.293. The van der Waals surface area contributed by atoms with Gasteiger partial charge in [-0.3, -0.25) is 14.5 Å². The number of H-pyrrole nitrogens is 2. The average Bonchev–Trinajstić information content (AvgIpc) is 3.37. The number of imidazole rings is 1. The highest BCUT2D eigenvalue weighted by Crippen LogP contribution is 2.27. The van der Waals surface area contributed by atoms with E-state index in [2.05, 4.69) is 25.1 Å². The average molecular weight is 468 g/mol. The van der Waals surface area contributed by atoms with E-state index in [4.69, 9.17) is 28.9 Å². The number of carbonyl (C=O) groups is 1. The van der Waals surface area contributed by atoms with Crippen LogP contribution in [0.3, 0.4) is 0 Å². The molecule has 0 atom stereocenters. The minimum Gasteiger partial charge on any atom is -0.364 e. The van der Waals surface area contributed by atoms with E-state index in [1.807, 2.05) is 24.3 Å². The number of hydrogen-bond donors (Lipinski definition) is 3. The van der Waals surface area contributed by atoms with E-state index in [-0.39, 0.29) is 22.7 Å². The zero-order chi connectivity index (χ0) is 22.4. The Hall–Kier alpha value is -3.69. The predicted octanol–water partition coefficient (Wildman–Crippen LogP) is 3.31. The summed E-state index contributed by atoms with van der Waals surface area (Å²) in [5.74, 6) is -0.503. The molecule has 32 heavy (non-hydrogen) atoms. The number of rotatable bonds is 5. The lowest BCUT2D eigenvalue weighted by atomic mass is 10.1. The molecule has 0 aliphatic heterocycles. The van der Waals surface area contributed by atoms with Crippen molar-refractivity contribution < 1.29 is 4.79 Å². The van der Waals surface area contributed by atoms with Gasteiger partial charge < -0.3 is 10.7 Å². The molecule has 0 saturated carbocycles. The van der Waals surface area contributed by atoms with Crippen molar-refractivity contribution in [2.45, 2.75) is 13.0 Å². The van der Waals surface area contributed by atoms with Crippen molar-refractivity contribution in [1.29, 1.82) is 0 Å². The van der Waals surface area contributed by atoms with Gasteiger partial charge in [-0.15, -0.1) is 0 Å². The summed E-state index contributed by atoms with van der Waals surface area (Å²) < 4.78 is 1.45. The Kier molecular flexibility index (Phi) is 4.91. The lowest BCUT2D eigenvalue weighted by molar-refractivity contribution is 0.0997. The van der Waals surface area contributed by atoms with E-state index in [1.165, 1.54) is 4.57 Å². The van der Waals surface area contributed by atoms with Crippen molar-refractivity contribution in [3.8, 4) is 11.4 Å². The molecule has 5 aromatic rings. The van der Waals surface area contributed by atoms with Crippen molar-refractivity contribution in [3.63, 3.8) is 0 Å². The molecule has 0 unspecified atom stereocenters. The first kappa shape index (κ1) is 20.2. The summed E-state index contributed by atoms with van der Waals surface area (Å²) in [4.78, 5) is 36.5. The molecule has 0 radical (unpaired) electrons. The zero-order valence-electron chi connectivity index (χ0n) is 16.4. The number of aryl methyl sites for hydroxylation is 2. The molecule has 3 aromatic heterocycles. The van der Waals surface area contributed by atoms with Crippen LogP contribution in [0.2, 0.25) is 10.0 Å². The molecule has 1 amide bonds. The van der Waals surface area contributed by atoms with Crippen LogP contribution in [0.4, 0.5) is 0 Å². The summed E-state index contributed by atoms with van der Waals surface area (Å²) >= 11 is 12.1. The lowest BCUT2D eigenvalue weighted by Gasteiger charge is -2.08. The van der Waals surface area contributed by atoms with Crippen LogP contribution in [0.1, 0.15) is 16.1 Å². The molecule has 0 fully saturated rings. The van der Waals surface area contributed by atoms with Gasteiger partial charge in [0.05, 0.1) is 21.8 Å². The number of benzene rings is 2. The van der Waals surface area contributed by atoms with Gasteiger partial charge in [-0.2, -0.15) is 5.10 Å². The number of primary amides is 1. The Balaban J connectivity index is 1.65. The van der Waals surface area contributed by atoms with Gasteiger partial charge >= 0.3 is 5.69 Å². The Morgan fingerprint density at radius 2 is 1.97 bits per heavy atom. The maximum Gasteiger partial charge on any atom is 0.327 e. The van der Waals surface area contributed by atoms with Gasteiger partial charge in [-0.25, -0.2) is 14.8 Å². The van der Waals surface area contributed by atoms with Gasteiger partial charge in [0.1, 0.15) is 5.52 Å². The molecule has 160 valence electrons. The van der Waals surface area contributed by atoms with Crippen LogP contribution in [0, 0.1) is 0 Å². The van der Waals surface area contributed by atoms with Crippen LogP contribution in [-0.2, 0) is 13.0 Å². The monoisotopic (exact) mass is 467 g/mol. The molecular weight excluding hydrogens is 453 g/mol. The first-order valence-corrected chi connectivity index (χ1v) is 10.3. The second-order valence-corrected chi connectivity index (χ2v) is 7.99. The maximum absolute atomic E-state index is 12.7. The highest BCUT2D eigenvalue weighted by atomic mass is 35.5. The van der Waals surface area contributed by atoms with Gasteiger partial charge in [-0.1, -0.05) is 41.4 Å². The lowest BCUT2D eigenvalue weighted by Crippen LogP contribution is -2.18. The van der Waals surface area contributed by atoms with E-state index in [1.54, 1.807) is 18.3 Å². The van der Waals surface area contributed by atoms with Crippen molar-refractivity contribution >= 4 is 51.2 Å². The molecule has 11 heteroatoms. The van der Waals surface area contributed by atoms with Crippen molar-refractivity contribution in [1.82, 2.24) is 29.7 Å². The number of hydrogen-bond acceptors (Lipinski definition) is 5. The van der Waals surface area contributed by atoms with Crippen LogP contribution in [0.25, 0.3) is 33.5 Å². The second kappa shape index (κ2) is 7.77. The summed E-state index contributed by atoms with van der Waals surface area (Å²) in [7, 11) is 0. The second-order valence-electron chi connectivity index (χ2n) is 7.18. The molecule has 4 N–H and O–H groups in total. The maximum atomic E-state index is 12.7. The standard InChI is InChI=1S/C21H15Cl2N7O2/c22-13-5-4-10(8-14(13)23)6-7-30-20-17(27-21(30)32)16(18(24)31)26-19(28-20)11-2-1-3-15-12(11)9-25-29-15/h1-5,8-9H,6-7H2,(H2,24,31)(H,25,29)(H,27,32).